The number of methoxy groups -OCH3 is 1. The van der Waals surface area contributed by atoms with Gasteiger partial charge in [0.05, 0.1) is 30.4 Å². The molecule has 0 radical (unpaired) electrons. The number of aromatic nitrogens is 2. The molecular weight excluding hydrogens is 358 g/mol. The molecule has 7 heteroatoms. The van der Waals surface area contributed by atoms with Crippen molar-refractivity contribution in [3.8, 4) is 0 Å². The van der Waals surface area contributed by atoms with E-state index in [4.69, 9.17) is 9.47 Å². The molecule has 1 amide bonds. The fraction of sp³-hybridized carbons (Fsp3) is 0.238. The van der Waals surface area contributed by atoms with Crippen LogP contribution < -0.4 is 5.32 Å². The Hall–Kier alpha value is -3.32. The zero-order valence-electron chi connectivity index (χ0n) is 15.5. The summed E-state index contributed by atoms with van der Waals surface area (Å²) in [4.78, 5) is 33.1. The number of carbonyl (C=O) groups is 2. The van der Waals surface area contributed by atoms with Crippen LogP contribution in [0.5, 0.6) is 0 Å². The lowest BCUT2D eigenvalue weighted by atomic mass is 10.1. The highest BCUT2D eigenvalue weighted by Crippen LogP contribution is 2.10. The molecule has 0 fully saturated rings. The van der Waals surface area contributed by atoms with Gasteiger partial charge in [-0.3, -0.25) is 9.78 Å². The van der Waals surface area contributed by atoms with E-state index in [1.165, 1.54) is 7.11 Å². The van der Waals surface area contributed by atoms with Crippen LogP contribution >= 0.6 is 0 Å². The van der Waals surface area contributed by atoms with E-state index in [1.54, 1.807) is 6.20 Å². The van der Waals surface area contributed by atoms with Gasteiger partial charge in [0.2, 0.25) is 5.91 Å². The van der Waals surface area contributed by atoms with E-state index in [0.29, 0.717) is 12.3 Å². The minimum Gasteiger partial charge on any atom is -0.467 e. The largest absolute Gasteiger partial charge is 0.467 e. The molecule has 0 saturated carbocycles. The summed E-state index contributed by atoms with van der Waals surface area (Å²) in [7, 11) is 1.28. The molecule has 3 aromatic rings. The van der Waals surface area contributed by atoms with Crippen molar-refractivity contribution in [1.29, 1.82) is 0 Å². The fourth-order valence-electron chi connectivity index (χ4n) is 2.71. The number of para-hydroxylation sites is 2. The van der Waals surface area contributed by atoms with Gasteiger partial charge in [-0.1, -0.05) is 42.5 Å². The quantitative estimate of drug-likeness (QED) is 0.603. The topological polar surface area (TPSA) is 90.4 Å². The molecule has 1 aromatic heterocycles. The van der Waals surface area contributed by atoms with E-state index in [2.05, 4.69) is 15.3 Å². The molecule has 7 nitrogen and oxygen atoms in total. The number of nitrogens with one attached hydrogen (secondary N) is 1. The first kappa shape index (κ1) is 19.4. The Labute approximate surface area is 162 Å². The lowest BCUT2D eigenvalue weighted by Gasteiger charge is -2.16. The number of fused-ring (bicyclic) bond motifs is 1. The average molecular weight is 379 g/mol. The van der Waals surface area contributed by atoms with E-state index in [0.717, 1.165) is 16.6 Å². The van der Waals surface area contributed by atoms with Gasteiger partial charge < -0.3 is 14.8 Å². The highest BCUT2D eigenvalue weighted by molar-refractivity contribution is 5.85. The Balaban J connectivity index is 1.59. The number of hydrogen-bond donors (Lipinski definition) is 1. The van der Waals surface area contributed by atoms with Crippen LogP contribution in [0.2, 0.25) is 0 Å². The number of benzene rings is 2. The number of hydrogen-bond acceptors (Lipinski definition) is 6. The minimum atomic E-state index is -0.867. The summed E-state index contributed by atoms with van der Waals surface area (Å²) < 4.78 is 10.2. The van der Waals surface area contributed by atoms with E-state index in [9.17, 15) is 9.59 Å². The van der Waals surface area contributed by atoms with Gasteiger partial charge in [-0.2, -0.15) is 0 Å². The molecule has 0 aliphatic heterocycles. The van der Waals surface area contributed by atoms with E-state index in [1.807, 2.05) is 54.6 Å². The highest BCUT2D eigenvalue weighted by atomic mass is 16.5. The van der Waals surface area contributed by atoms with Gasteiger partial charge in [0.15, 0.2) is 0 Å². The molecule has 0 saturated heterocycles. The second-order valence-corrected chi connectivity index (χ2v) is 6.18. The number of ether oxygens (including phenoxy) is 2. The second kappa shape index (κ2) is 9.57. The van der Waals surface area contributed by atoms with Crippen molar-refractivity contribution in [2.24, 2.45) is 0 Å². The SMILES string of the molecule is COC(=O)[C@@H](Cc1cnc2ccccc2n1)NC(=O)COCc1ccccc1. The molecular formula is C21H21N3O4. The van der Waals surface area contributed by atoms with E-state index in [-0.39, 0.29) is 13.0 Å². The number of esters is 1. The van der Waals surface area contributed by atoms with Crippen LogP contribution in [-0.4, -0.2) is 41.6 Å². The van der Waals surface area contributed by atoms with Crippen molar-refractivity contribution < 1.29 is 19.1 Å². The van der Waals surface area contributed by atoms with Gasteiger partial charge in [0.25, 0.3) is 0 Å². The number of amides is 1. The van der Waals surface area contributed by atoms with Crippen LogP contribution in [-0.2, 0) is 32.1 Å². The monoisotopic (exact) mass is 379 g/mol. The third kappa shape index (κ3) is 5.34. The molecule has 0 aliphatic carbocycles. The van der Waals surface area contributed by atoms with Crippen molar-refractivity contribution >= 4 is 22.9 Å². The molecule has 0 unspecified atom stereocenters. The zero-order chi connectivity index (χ0) is 19.8. The van der Waals surface area contributed by atoms with Crippen molar-refractivity contribution in [2.75, 3.05) is 13.7 Å². The highest BCUT2D eigenvalue weighted by Gasteiger charge is 2.23. The smallest absolute Gasteiger partial charge is 0.328 e. The standard InChI is InChI=1S/C21H21N3O4/c1-27-21(26)19(11-16-12-22-17-9-5-6-10-18(17)23-16)24-20(25)14-28-13-15-7-3-2-4-8-15/h2-10,12,19H,11,13-14H2,1H3,(H,24,25)/t19-/m1/s1. The first-order valence-corrected chi connectivity index (χ1v) is 8.85. The first-order chi connectivity index (χ1) is 13.7. The third-order valence-electron chi connectivity index (χ3n) is 4.08. The lowest BCUT2D eigenvalue weighted by molar-refractivity contribution is -0.145. The molecule has 1 N–H and O–H groups in total. The number of carbonyl (C=O) groups excluding carboxylic acids is 2. The summed E-state index contributed by atoms with van der Waals surface area (Å²) in [6, 6.07) is 16.1. The maximum absolute atomic E-state index is 12.2. The molecule has 28 heavy (non-hydrogen) atoms. The molecule has 0 aliphatic rings. The summed E-state index contributed by atoms with van der Waals surface area (Å²) in [5.74, 6) is -0.952. The van der Waals surface area contributed by atoms with Crippen LogP contribution in [0.15, 0.2) is 60.8 Å². The van der Waals surface area contributed by atoms with Crippen LogP contribution in [0.3, 0.4) is 0 Å². The molecule has 1 heterocycles. The van der Waals surface area contributed by atoms with Gasteiger partial charge >= 0.3 is 5.97 Å². The molecule has 2 aromatic carbocycles. The molecule has 0 bridgehead atoms. The van der Waals surface area contributed by atoms with Crippen molar-refractivity contribution in [1.82, 2.24) is 15.3 Å². The van der Waals surface area contributed by atoms with Crippen molar-refractivity contribution in [3.05, 3.63) is 72.1 Å². The molecule has 0 spiro atoms. The summed E-state index contributed by atoms with van der Waals surface area (Å²) in [5, 5.41) is 2.64. The number of rotatable bonds is 8. The van der Waals surface area contributed by atoms with Crippen LogP contribution in [0.1, 0.15) is 11.3 Å². The molecule has 1 atom stereocenters. The molecule has 144 valence electrons. The van der Waals surface area contributed by atoms with E-state index < -0.39 is 17.9 Å². The second-order valence-electron chi connectivity index (χ2n) is 6.18. The van der Waals surface area contributed by atoms with Crippen LogP contribution in [0.4, 0.5) is 0 Å². The summed E-state index contributed by atoms with van der Waals surface area (Å²) in [6.45, 7) is 0.152. The fourth-order valence-corrected chi connectivity index (χ4v) is 2.71. The third-order valence-corrected chi connectivity index (χ3v) is 4.08. The maximum atomic E-state index is 12.2. The Kier molecular flexibility index (Phi) is 6.64. The average Bonchev–Trinajstić information content (AvgIpc) is 2.73. The summed E-state index contributed by atoms with van der Waals surface area (Å²) in [5.41, 5.74) is 3.03. The Bertz CT molecular complexity index is 947. The Morgan fingerprint density at radius 1 is 1.04 bits per heavy atom. The first-order valence-electron chi connectivity index (χ1n) is 8.85. The van der Waals surface area contributed by atoms with Gasteiger partial charge in [-0.05, 0) is 17.7 Å². The number of nitrogens with zero attached hydrogens (tertiary/aromatic N) is 2. The predicted molar refractivity (Wildman–Crippen MR) is 103 cm³/mol. The Morgan fingerprint density at radius 3 is 2.50 bits per heavy atom. The minimum absolute atomic E-state index is 0.161. The summed E-state index contributed by atoms with van der Waals surface area (Å²) >= 11 is 0. The Morgan fingerprint density at radius 2 is 1.75 bits per heavy atom. The van der Waals surface area contributed by atoms with Crippen molar-refractivity contribution in [3.63, 3.8) is 0 Å². The van der Waals surface area contributed by atoms with Gasteiger partial charge in [-0.15, -0.1) is 0 Å². The lowest BCUT2D eigenvalue weighted by Crippen LogP contribution is -2.44. The van der Waals surface area contributed by atoms with Gasteiger partial charge in [0.1, 0.15) is 12.6 Å². The normalized spacial score (nSPS) is 11.8. The summed E-state index contributed by atoms with van der Waals surface area (Å²) in [6.07, 6.45) is 1.77. The zero-order valence-corrected chi connectivity index (χ0v) is 15.5. The van der Waals surface area contributed by atoms with Crippen LogP contribution in [0.25, 0.3) is 11.0 Å². The van der Waals surface area contributed by atoms with Crippen molar-refractivity contribution in [2.45, 2.75) is 19.1 Å². The van der Waals surface area contributed by atoms with Gasteiger partial charge in [0, 0.05) is 12.6 Å². The maximum Gasteiger partial charge on any atom is 0.328 e. The van der Waals surface area contributed by atoms with Gasteiger partial charge in [-0.25, -0.2) is 9.78 Å². The van der Waals surface area contributed by atoms with E-state index >= 15 is 0 Å². The molecule has 3 rings (SSSR count). The van der Waals surface area contributed by atoms with Crippen LogP contribution in [0, 0.1) is 0 Å². The predicted octanol–water partition coefficient (Wildman–Crippen LogP) is 2.05.